The van der Waals surface area contributed by atoms with Gasteiger partial charge >= 0.3 is 11.9 Å². The molecule has 0 aromatic carbocycles. The Hall–Kier alpha value is -1.10. The minimum absolute atomic E-state index is 0.253. The molecule has 1 rings (SSSR count). The summed E-state index contributed by atoms with van der Waals surface area (Å²) < 4.78 is 10.3. The van der Waals surface area contributed by atoms with Gasteiger partial charge in [0.15, 0.2) is 0 Å². The average molecular weight is 300 g/mol. The molecule has 2 unspecified atom stereocenters. The number of hydrogen-bond donors (Lipinski definition) is 1. The summed E-state index contributed by atoms with van der Waals surface area (Å²) in [5.41, 5.74) is -1.46. The van der Waals surface area contributed by atoms with Crippen LogP contribution >= 0.6 is 0 Å². The van der Waals surface area contributed by atoms with Crippen molar-refractivity contribution in [3.05, 3.63) is 0 Å². The van der Waals surface area contributed by atoms with Crippen molar-refractivity contribution in [3.63, 3.8) is 0 Å². The van der Waals surface area contributed by atoms with E-state index in [1.165, 1.54) is 0 Å². The molecule has 0 spiro atoms. The first-order chi connectivity index (χ1) is 9.77. The monoisotopic (exact) mass is 300 g/mol. The van der Waals surface area contributed by atoms with Gasteiger partial charge in [0.05, 0.1) is 17.9 Å². The number of carboxylic acid groups (broad SMARTS) is 1. The van der Waals surface area contributed by atoms with E-state index in [9.17, 15) is 14.7 Å². The number of rotatable bonds is 8. The van der Waals surface area contributed by atoms with Crippen LogP contribution in [0.4, 0.5) is 0 Å². The molecule has 5 nitrogen and oxygen atoms in total. The molecule has 1 saturated carbocycles. The van der Waals surface area contributed by atoms with Gasteiger partial charge in [-0.05, 0) is 44.4 Å². The molecular weight excluding hydrogens is 272 g/mol. The number of ether oxygens (including phenoxy) is 2. The number of hydrogen-bond acceptors (Lipinski definition) is 4. The fourth-order valence-electron chi connectivity index (χ4n) is 3.09. The summed E-state index contributed by atoms with van der Waals surface area (Å²) in [5.74, 6) is -1.42. The molecule has 0 aromatic rings. The molecule has 0 radical (unpaired) electrons. The molecule has 0 amide bonds. The SMILES string of the molecule is COCCCCCOC(=O)C1CCC(C)(C(=O)O)C1(C)C. The third-order valence-corrected chi connectivity index (χ3v) is 5.22. The van der Waals surface area contributed by atoms with Crippen molar-refractivity contribution in [1.82, 2.24) is 0 Å². The fraction of sp³-hybridized carbons (Fsp3) is 0.875. The molecular formula is C16H28O5. The van der Waals surface area contributed by atoms with Crippen LogP contribution in [0.1, 0.15) is 52.9 Å². The van der Waals surface area contributed by atoms with E-state index in [1.54, 1.807) is 14.0 Å². The van der Waals surface area contributed by atoms with Crippen molar-refractivity contribution in [1.29, 1.82) is 0 Å². The summed E-state index contributed by atoms with van der Waals surface area (Å²) in [6.07, 6.45) is 3.84. The Morgan fingerprint density at radius 1 is 1.14 bits per heavy atom. The van der Waals surface area contributed by atoms with Gasteiger partial charge in [-0.15, -0.1) is 0 Å². The second-order valence-corrected chi connectivity index (χ2v) is 6.67. The summed E-state index contributed by atoms with van der Waals surface area (Å²) in [7, 11) is 1.67. The zero-order valence-corrected chi connectivity index (χ0v) is 13.6. The first-order valence-electron chi connectivity index (χ1n) is 7.66. The Bertz CT molecular complexity index is 377. The van der Waals surface area contributed by atoms with Crippen LogP contribution in [0.3, 0.4) is 0 Å². The molecule has 21 heavy (non-hydrogen) atoms. The van der Waals surface area contributed by atoms with Crippen LogP contribution in [-0.2, 0) is 19.1 Å². The lowest BCUT2D eigenvalue weighted by atomic mass is 9.66. The largest absolute Gasteiger partial charge is 0.481 e. The lowest BCUT2D eigenvalue weighted by molar-refractivity contribution is -0.160. The summed E-state index contributed by atoms with van der Waals surface area (Å²) in [4.78, 5) is 23.7. The van der Waals surface area contributed by atoms with E-state index in [4.69, 9.17) is 9.47 Å². The van der Waals surface area contributed by atoms with Crippen molar-refractivity contribution >= 4 is 11.9 Å². The van der Waals surface area contributed by atoms with Gasteiger partial charge in [-0.25, -0.2) is 0 Å². The number of methoxy groups -OCH3 is 1. The van der Waals surface area contributed by atoms with E-state index in [0.717, 1.165) is 25.9 Å². The minimum Gasteiger partial charge on any atom is -0.481 e. The molecule has 0 heterocycles. The third kappa shape index (κ3) is 3.76. The van der Waals surface area contributed by atoms with Crippen LogP contribution in [0.25, 0.3) is 0 Å². The molecule has 5 heteroatoms. The van der Waals surface area contributed by atoms with E-state index < -0.39 is 16.8 Å². The second-order valence-electron chi connectivity index (χ2n) is 6.67. The Kier molecular flexibility index (Phi) is 6.20. The van der Waals surface area contributed by atoms with Crippen molar-refractivity contribution in [2.45, 2.75) is 52.9 Å². The maximum atomic E-state index is 12.2. The summed E-state index contributed by atoms with van der Waals surface area (Å²) in [6.45, 7) is 6.57. The molecule has 122 valence electrons. The van der Waals surface area contributed by atoms with E-state index >= 15 is 0 Å². The maximum Gasteiger partial charge on any atom is 0.309 e. The van der Waals surface area contributed by atoms with Crippen LogP contribution in [0.5, 0.6) is 0 Å². The molecule has 0 saturated heterocycles. The minimum atomic E-state index is -0.866. The maximum absolute atomic E-state index is 12.2. The van der Waals surface area contributed by atoms with Gasteiger partial charge in [0, 0.05) is 13.7 Å². The highest BCUT2D eigenvalue weighted by molar-refractivity contribution is 5.80. The van der Waals surface area contributed by atoms with Gasteiger partial charge in [0.1, 0.15) is 0 Å². The van der Waals surface area contributed by atoms with Crippen LogP contribution in [0.2, 0.25) is 0 Å². The van der Waals surface area contributed by atoms with Gasteiger partial charge in [0.25, 0.3) is 0 Å². The topological polar surface area (TPSA) is 72.8 Å². The molecule has 0 aliphatic heterocycles. The van der Waals surface area contributed by atoms with Crippen molar-refractivity contribution in [2.75, 3.05) is 20.3 Å². The van der Waals surface area contributed by atoms with Crippen LogP contribution < -0.4 is 0 Å². The van der Waals surface area contributed by atoms with E-state index in [-0.39, 0.29) is 11.9 Å². The lowest BCUT2D eigenvalue weighted by Gasteiger charge is -2.37. The van der Waals surface area contributed by atoms with Gasteiger partial charge < -0.3 is 14.6 Å². The Labute approximate surface area is 127 Å². The number of carbonyl (C=O) groups excluding carboxylic acids is 1. The van der Waals surface area contributed by atoms with Gasteiger partial charge in [0.2, 0.25) is 0 Å². The van der Waals surface area contributed by atoms with Gasteiger partial charge in [-0.2, -0.15) is 0 Å². The highest BCUT2D eigenvalue weighted by Crippen LogP contribution is 2.56. The number of carboxylic acids is 1. The van der Waals surface area contributed by atoms with Crippen LogP contribution in [0, 0.1) is 16.7 Å². The molecule has 1 aliphatic rings. The molecule has 2 atom stereocenters. The number of unbranched alkanes of at least 4 members (excludes halogenated alkanes) is 2. The zero-order chi connectivity index (χ0) is 16.1. The zero-order valence-electron chi connectivity index (χ0n) is 13.6. The molecule has 0 aromatic heterocycles. The summed E-state index contributed by atoms with van der Waals surface area (Å²) in [6, 6.07) is 0. The highest BCUT2D eigenvalue weighted by atomic mass is 16.5. The molecule has 1 N–H and O–H groups in total. The number of aliphatic carboxylic acids is 1. The second kappa shape index (κ2) is 7.25. The fourth-order valence-corrected chi connectivity index (χ4v) is 3.09. The van der Waals surface area contributed by atoms with Crippen LogP contribution in [-0.4, -0.2) is 37.4 Å². The van der Waals surface area contributed by atoms with E-state index in [2.05, 4.69) is 0 Å². The number of carbonyl (C=O) groups is 2. The molecule has 0 bridgehead atoms. The standard InChI is InChI=1S/C16H28O5/c1-15(2)12(8-9-16(15,3)14(18)19)13(17)21-11-7-5-6-10-20-4/h12H,5-11H2,1-4H3,(H,18,19). The predicted molar refractivity (Wildman–Crippen MR) is 78.9 cm³/mol. The Morgan fingerprint density at radius 3 is 2.29 bits per heavy atom. The van der Waals surface area contributed by atoms with Crippen LogP contribution in [0.15, 0.2) is 0 Å². The third-order valence-electron chi connectivity index (χ3n) is 5.22. The molecule has 1 fully saturated rings. The highest BCUT2D eigenvalue weighted by Gasteiger charge is 2.58. The Balaban J connectivity index is 2.47. The molecule has 1 aliphatic carbocycles. The van der Waals surface area contributed by atoms with Crippen molar-refractivity contribution < 1.29 is 24.2 Å². The van der Waals surface area contributed by atoms with E-state index in [1.807, 2.05) is 13.8 Å². The van der Waals surface area contributed by atoms with Crippen molar-refractivity contribution in [2.24, 2.45) is 16.7 Å². The Morgan fingerprint density at radius 2 is 1.76 bits per heavy atom. The normalized spacial score (nSPS) is 27.5. The first-order valence-corrected chi connectivity index (χ1v) is 7.66. The smallest absolute Gasteiger partial charge is 0.309 e. The quantitative estimate of drug-likeness (QED) is 0.551. The average Bonchev–Trinajstić information content (AvgIpc) is 2.66. The van der Waals surface area contributed by atoms with E-state index in [0.29, 0.717) is 19.4 Å². The predicted octanol–water partition coefficient (Wildman–Crippen LogP) is 2.87. The lowest BCUT2D eigenvalue weighted by Crippen LogP contribution is -2.43. The number of esters is 1. The van der Waals surface area contributed by atoms with Gasteiger partial charge in [-0.1, -0.05) is 13.8 Å². The van der Waals surface area contributed by atoms with Gasteiger partial charge in [-0.3, -0.25) is 9.59 Å². The first kappa shape index (κ1) is 18.0. The summed E-state index contributed by atoms with van der Waals surface area (Å²) >= 11 is 0. The summed E-state index contributed by atoms with van der Waals surface area (Å²) in [5, 5.41) is 9.44. The van der Waals surface area contributed by atoms with Crippen molar-refractivity contribution in [3.8, 4) is 0 Å².